The molecule has 172 valence electrons. The average molecular weight is 440 g/mol. The van der Waals surface area contributed by atoms with Crippen LogP contribution in [0.3, 0.4) is 0 Å². The van der Waals surface area contributed by atoms with Crippen LogP contribution in [0.1, 0.15) is 61.8 Å². The Balaban J connectivity index is 1.26. The van der Waals surface area contributed by atoms with Gasteiger partial charge < -0.3 is 10.2 Å². The van der Waals surface area contributed by atoms with Crippen molar-refractivity contribution in [2.75, 3.05) is 19.6 Å². The van der Waals surface area contributed by atoms with E-state index >= 15 is 0 Å². The number of carbonyl (C=O) groups is 1. The number of rotatable bonds is 7. The highest BCUT2D eigenvalue weighted by Gasteiger charge is 2.38. The lowest BCUT2D eigenvalue weighted by atomic mass is 9.77. The molecular formula is C24H33N5O3. The maximum atomic E-state index is 12.3. The van der Waals surface area contributed by atoms with Crippen molar-refractivity contribution in [1.82, 2.24) is 25.4 Å². The Labute approximate surface area is 187 Å². The van der Waals surface area contributed by atoms with Crippen molar-refractivity contribution < 1.29 is 4.79 Å². The number of hydrogen-bond donors (Lipinski definition) is 3. The van der Waals surface area contributed by atoms with E-state index in [1.165, 1.54) is 36.8 Å². The summed E-state index contributed by atoms with van der Waals surface area (Å²) in [5, 5.41) is 9.03. The van der Waals surface area contributed by atoms with Crippen LogP contribution in [-0.2, 0) is 16.6 Å². The molecule has 2 fully saturated rings. The van der Waals surface area contributed by atoms with Gasteiger partial charge in [-0.1, -0.05) is 42.7 Å². The molecule has 2 aromatic rings. The van der Waals surface area contributed by atoms with Crippen LogP contribution >= 0.6 is 0 Å². The first-order chi connectivity index (χ1) is 15.4. The minimum atomic E-state index is -0.642. The topological polar surface area (TPSA) is 111 Å². The molecule has 1 saturated carbocycles. The van der Waals surface area contributed by atoms with Crippen LogP contribution in [0.15, 0.2) is 33.9 Å². The number of carbonyl (C=O) groups excluding carboxylic acids is 1. The minimum Gasteiger partial charge on any atom is -0.353 e. The SMILES string of the molecule is Cc1ccc(C2(CN3CCC(NC(=O)CCc4n[nH]c(=O)[nH]c4=O)CC3)CCCC2)cc1. The fraction of sp³-hybridized carbons (Fsp3) is 0.583. The molecule has 1 aromatic carbocycles. The van der Waals surface area contributed by atoms with E-state index in [-0.39, 0.29) is 35.9 Å². The smallest absolute Gasteiger partial charge is 0.342 e. The first kappa shape index (κ1) is 22.5. The minimum absolute atomic E-state index is 0.0808. The highest BCUT2D eigenvalue weighted by molar-refractivity contribution is 5.76. The molecule has 1 aliphatic carbocycles. The fourth-order valence-electron chi connectivity index (χ4n) is 5.23. The summed E-state index contributed by atoms with van der Waals surface area (Å²) in [7, 11) is 0. The Bertz CT molecular complexity index is 1030. The lowest BCUT2D eigenvalue weighted by Gasteiger charge is -2.39. The molecule has 1 aliphatic heterocycles. The van der Waals surface area contributed by atoms with Gasteiger partial charge in [-0.25, -0.2) is 9.89 Å². The monoisotopic (exact) mass is 439 g/mol. The molecule has 1 aromatic heterocycles. The number of aryl methyl sites for hydroxylation is 2. The Morgan fingerprint density at radius 1 is 1.16 bits per heavy atom. The number of aromatic nitrogens is 3. The van der Waals surface area contributed by atoms with Crippen LogP contribution in [0.25, 0.3) is 0 Å². The molecule has 8 heteroatoms. The number of hydrogen-bond acceptors (Lipinski definition) is 5. The first-order valence-electron chi connectivity index (χ1n) is 11.7. The molecule has 8 nitrogen and oxygen atoms in total. The van der Waals surface area contributed by atoms with Gasteiger partial charge in [0.2, 0.25) is 5.91 Å². The molecule has 0 atom stereocenters. The highest BCUT2D eigenvalue weighted by atomic mass is 16.2. The third-order valence-corrected chi connectivity index (χ3v) is 7.07. The van der Waals surface area contributed by atoms with Crippen molar-refractivity contribution in [3.05, 3.63) is 61.9 Å². The van der Waals surface area contributed by atoms with E-state index < -0.39 is 11.2 Å². The number of amides is 1. The van der Waals surface area contributed by atoms with E-state index in [9.17, 15) is 14.4 Å². The summed E-state index contributed by atoms with van der Waals surface area (Å²) >= 11 is 0. The lowest BCUT2D eigenvalue weighted by Crippen LogP contribution is -2.48. The van der Waals surface area contributed by atoms with Crippen LogP contribution in [-0.4, -0.2) is 51.7 Å². The van der Waals surface area contributed by atoms with Gasteiger partial charge in [-0.15, -0.1) is 0 Å². The van der Waals surface area contributed by atoms with E-state index in [1.807, 2.05) is 0 Å². The van der Waals surface area contributed by atoms with Crippen LogP contribution in [0.4, 0.5) is 0 Å². The van der Waals surface area contributed by atoms with E-state index in [1.54, 1.807) is 0 Å². The summed E-state index contributed by atoms with van der Waals surface area (Å²) in [6.07, 6.45) is 7.37. The van der Waals surface area contributed by atoms with Gasteiger partial charge in [0.25, 0.3) is 5.56 Å². The van der Waals surface area contributed by atoms with E-state index in [0.29, 0.717) is 0 Å². The normalized spacial score (nSPS) is 19.2. The molecule has 0 bridgehead atoms. The Morgan fingerprint density at radius 3 is 2.50 bits per heavy atom. The Kier molecular flexibility index (Phi) is 6.89. The maximum absolute atomic E-state index is 12.3. The predicted molar refractivity (Wildman–Crippen MR) is 123 cm³/mol. The van der Waals surface area contributed by atoms with Crippen molar-refractivity contribution in [2.45, 2.75) is 69.7 Å². The standard InChI is InChI=1S/C24H33N5O3/c1-17-4-6-18(7-5-17)24(12-2-3-13-24)16-29-14-10-19(11-15-29)25-21(30)9-8-20-22(31)26-23(32)28-27-20/h4-7,19H,2-3,8-16H2,1H3,(H,25,30)(H2,26,28,31,32). The second-order valence-electron chi connectivity index (χ2n) is 9.42. The van der Waals surface area contributed by atoms with Gasteiger partial charge >= 0.3 is 5.69 Å². The molecule has 2 aliphatic rings. The summed E-state index contributed by atoms with van der Waals surface area (Å²) in [6.45, 7) is 5.20. The number of H-pyrrole nitrogens is 2. The summed E-state index contributed by atoms with van der Waals surface area (Å²) in [5.41, 5.74) is 2.04. The molecule has 4 rings (SSSR count). The molecule has 32 heavy (non-hydrogen) atoms. The number of piperidine rings is 1. The molecule has 2 heterocycles. The van der Waals surface area contributed by atoms with Gasteiger partial charge in [-0.2, -0.15) is 5.10 Å². The fourth-order valence-corrected chi connectivity index (χ4v) is 5.23. The second-order valence-corrected chi connectivity index (χ2v) is 9.42. The number of likely N-dealkylation sites (tertiary alicyclic amines) is 1. The quantitative estimate of drug-likeness (QED) is 0.609. The summed E-state index contributed by atoms with van der Waals surface area (Å²) in [4.78, 5) is 39.8. The highest BCUT2D eigenvalue weighted by Crippen LogP contribution is 2.42. The zero-order valence-corrected chi connectivity index (χ0v) is 18.8. The number of benzene rings is 1. The molecule has 0 spiro atoms. The van der Waals surface area contributed by atoms with E-state index in [0.717, 1.165) is 32.5 Å². The largest absolute Gasteiger partial charge is 0.353 e. The number of aromatic amines is 2. The van der Waals surface area contributed by atoms with Crippen LogP contribution in [0, 0.1) is 6.92 Å². The maximum Gasteiger partial charge on any atom is 0.342 e. The van der Waals surface area contributed by atoms with E-state index in [4.69, 9.17) is 0 Å². The molecular weight excluding hydrogens is 406 g/mol. The van der Waals surface area contributed by atoms with E-state index in [2.05, 4.69) is 56.6 Å². The van der Waals surface area contributed by atoms with Crippen molar-refractivity contribution in [3.8, 4) is 0 Å². The molecule has 3 N–H and O–H groups in total. The third kappa shape index (κ3) is 5.35. The average Bonchev–Trinajstić information content (AvgIpc) is 3.24. The Hall–Kier alpha value is -2.74. The molecule has 0 unspecified atom stereocenters. The van der Waals surface area contributed by atoms with Crippen LogP contribution in [0.2, 0.25) is 0 Å². The number of nitrogens with zero attached hydrogens (tertiary/aromatic N) is 2. The zero-order chi connectivity index (χ0) is 22.6. The van der Waals surface area contributed by atoms with Gasteiger partial charge in [0.05, 0.1) is 0 Å². The van der Waals surface area contributed by atoms with Gasteiger partial charge in [0, 0.05) is 43.9 Å². The van der Waals surface area contributed by atoms with Crippen molar-refractivity contribution >= 4 is 5.91 Å². The van der Waals surface area contributed by atoms with Gasteiger partial charge in [-0.3, -0.25) is 14.6 Å². The van der Waals surface area contributed by atoms with Crippen molar-refractivity contribution in [2.24, 2.45) is 0 Å². The van der Waals surface area contributed by atoms with Crippen LogP contribution in [0.5, 0.6) is 0 Å². The predicted octanol–water partition coefficient (Wildman–Crippen LogP) is 1.79. The Morgan fingerprint density at radius 2 is 1.84 bits per heavy atom. The summed E-state index contributed by atoms with van der Waals surface area (Å²) in [6, 6.07) is 9.26. The van der Waals surface area contributed by atoms with Crippen molar-refractivity contribution in [1.29, 1.82) is 0 Å². The van der Waals surface area contributed by atoms with Gasteiger partial charge in [-0.05, 0) is 38.2 Å². The first-order valence-corrected chi connectivity index (χ1v) is 11.7. The van der Waals surface area contributed by atoms with Crippen molar-refractivity contribution in [3.63, 3.8) is 0 Å². The van der Waals surface area contributed by atoms with Gasteiger partial charge in [0.15, 0.2) is 0 Å². The lowest BCUT2D eigenvalue weighted by molar-refractivity contribution is -0.122. The third-order valence-electron chi connectivity index (χ3n) is 7.07. The van der Waals surface area contributed by atoms with Gasteiger partial charge in [0.1, 0.15) is 5.69 Å². The second kappa shape index (κ2) is 9.81. The number of nitrogens with one attached hydrogen (secondary N) is 3. The molecule has 0 radical (unpaired) electrons. The summed E-state index contributed by atoms with van der Waals surface area (Å²) in [5.74, 6) is -0.0808. The summed E-state index contributed by atoms with van der Waals surface area (Å²) < 4.78 is 0. The van der Waals surface area contributed by atoms with Crippen LogP contribution < -0.4 is 16.6 Å². The zero-order valence-electron chi connectivity index (χ0n) is 18.8. The molecule has 1 saturated heterocycles. The molecule has 1 amide bonds.